The van der Waals surface area contributed by atoms with E-state index in [4.69, 9.17) is 14.6 Å². The standard InChI is InChI=1S/C17H29NO3/c1-14(2)12-18-13-15-7-8-16(20-3)11-17(15)21-10-6-4-5-9-19/h7-8,11,14,18-19H,4-6,9-10,12-13H2,1-3H3. The van der Waals surface area contributed by atoms with E-state index in [9.17, 15) is 0 Å². The number of methoxy groups -OCH3 is 1. The molecule has 1 rings (SSSR count). The zero-order chi connectivity index (χ0) is 15.5. The van der Waals surface area contributed by atoms with Crippen molar-refractivity contribution in [3.63, 3.8) is 0 Å². The molecule has 0 fully saturated rings. The smallest absolute Gasteiger partial charge is 0.127 e. The molecule has 4 nitrogen and oxygen atoms in total. The van der Waals surface area contributed by atoms with Crippen molar-refractivity contribution in [2.45, 2.75) is 39.7 Å². The minimum absolute atomic E-state index is 0.254. The maximum atomic E-state index is 8.77. The van der Waals surface area contributed by atoms with E-state index < -0.39 is 0 Å². The number of unbranched alkanes of at least 4 members (excludes halogenated alkanes) is 2. The number of hydrogen-bond acceptors (Lipinski definition) is 4. The zero-order valence-corrected chi connectivity index (χ0v) is 13.5. The van der Waals surface area contributed by atoms with Crippen molar-refractivity contribution in [3.8, 4) is 11.5 Å². The van der Waals surface area contributed by atoms with E-state index in [-0.39, 0.29) is 6.61 Å². The Morgan fingerprint density at radius 3 is 2.67 bits per heavy atom. The number of hydrogen-bond donors (Lipinski definition) is 2. The summed E-state index contributed by atoms with van der Waals surface area (Å²) in [6.45, 7) is 7.10. The summed E-state index contributed by atoms with van der Waals surface area (Å²) in [7, 11) is 1.66. The fourth-order valence-electron chi connectivity index (χ4n) is 2.01. The van der Waals surface area contributed by atoms with Crippen LogP contribution in [0.5, 0.6) is 11.5 Å². The molecule has 120 valence electrons. The minimum atomic E-state index is 0.254. The van der Waals surface area contributed by atoms with Crippen molar-refractivity contribution in [2.75, 3.05) is 26.9 Å². The Balaban J connectivity index is 2.55. The third-order valence-electron chi connectivity index (χ3n) is 3.20. The molecule has 0 saturated heterocycles. The lowest BCUT2D eigenvalue weighted by Crippen LogP contribution is -2.19. The first-order valence-electron chi connectivity index (χ1n) is 7.78. The third kappa shape index (κ3) is 7.34. The van der Waals surface area contributed by atoms with E-state index >= 15 is 0 Å². The highest BCUT2D eigenvalue weighted by molar-refractivity contribution is 5.40. The molecule has 0 amide bonds. The van der Waals surface area contributed by atoms with Crippen LogP contribution in [0.3, 0.4) is 0 Å². The lowest BCUT2D eigenvalue weighted by molar-refractivity contribution is 0.264. The quantitative estimate of drug-likeness (QED) is 0.616. The van der Waals surface area contributed by atoms with Gasteiger partial charge in [0, 0.05) is 24.8 Å². The van der Waals surface area contributed by atoms with Gasteiger partial charge < -0.3 is 19.9 Å². The normalized spacial score (nSPS) is 10.9. The van der Waals surface area contributed by atoms with E-state index in [1.165, 1.54) is 0 Å². The van der Waals surface area contributed by atoms with Gasteiger partial charge in [-0.2, -0.15) is 0 Å². The van der Waals surface area contributed by atoms with Gasteiger partial charge in [0.25, 0.3) is 0 Å². The number of ether oxygens (including phenoxy) is 2. The van der Waals surface area contributed by atoms with Crippen molar-refractivity contribution >= 4 is 0 Å². The molecule has 0 saturated carbocycles. The molecule has 0 spiro atoms. The van der Waals surface area contributed by atoms with Crippen LogP contribution in [0.1, 0.15) is 38.7 Å². The Morgan fingerprint density at radius 2 is 2.00 bits per heavy atom. The van der Waals surface area contributed by atoms with Crippen LogP contribution in [0.15, 0.2) is 18.2 Å². The molecule has 1 aromatic rings. The maximum absolute atomic E-state index is 8.77. The molecule has 0 aliphatic carbocycles. The molecule has 21 heavy (non-hydrogen) atoms. The van der Waals surface area contributed by atoms with E-state index in [0.717, 1.165) is 49.4 Å². The summed E-state index contributed by atoms with van der Waals surface area (Å²) in [5.74, 6) is 2.33. The summed E-state index contributed by atoms with van der Waals surface area (Å²) in [5, 5.41) is 12.2. The highest BCUT2D eigenvalue weighted by Crippen LogP contribution is 2.25. The molecule has 1 aromatic carbocycles. The van der Waals surface area contributed by atoms with Crippen LogP contribution in [-0.4, -0.2) is 32.0 Å². The summed E-state index contributed by atoms with van der Waals surface area (Å²) in [4.78, 5) is 0. The minimum Gasteiger partial charge on any atom is -0.497 e. The molecule has 0 atom stereocenters. The summed E-state index contributed by atoms with van der Waals surface area (Å²) < 4.78 is 11.1. The van der Waals surface area contributed by atoms with Gasteiger partial charge in [0.2, 0.25) is 0 Å². The van der Waals surface area contributed by atoms with Crippen LogP contribution in [0.25, 0.3) is 0 Å². The molecule has 0 aliphatic rings. The Kier molecular flexibility index (Phi) is 8.87. The second kappa shape index (κ2) is 10.5. The highest BCUT2D eigenvalue weighted by atomic mass is 16.5. The number of rotatable bonds is 11. The van der Waals surface area contributed by atoms with Gasteiger partial charge in [0.1, 0.15) is 11.5 Å². The van der Waals surface area contributed by atoms with Crippen LogP contribution in [0.4, 0.5) is 0 Å². The van der Waals surface area contributed by atoms with Crippen LogP contribution in [-0.2, 0) is 6.54 Å². The molecule has 0 unspecified atom stereocenters. The van der Waals surface area contributed by atoms with Crippen LogP contribution < -0.4 is 14.8 Å². The van der Waals surface area contributed by atoms with Crippen molar-refractivity contribution in [3.05, 3.63) is 23.8 Å². The van der Waals surface area contributed by atoms with Gasteiger partial charge in [0.05, 0.1) is 13.7 Å². The van der Waals surface area contributed by atoms with Gasteiger partial charge in [-0.15, -0.1) is 0 Å². The molecule has 4 heteroatoms. The Hall–Kier alpha value is -1.26. The second-order valence-electron chi connectivity index (χ2n) is 5.63. The number of aliphatic hydroxyl groups is 1. The molecule has 0 heterocycles. The average Bonchev–Trinajstić information content (AvgIpc) is 2.47. The van der Waals surface area contributed by atoms with Crippen molar-refractivity contribution in [1.82, 2.24) is 5.32 Å². The molecule has 0 bridgehead atoms. The Morgan fingerprint density at radius 1 is 1.19 bits per heavy atom. The molecule has 2 N–H and O–H groups in total. The fourth-order valence-corrected chi connectivity index (χ4v) is 2.01. The Bertz CT molecular complexity index is 394. The molecular formula is C17H29NO3. The molecule has 0 aromatic heterocycles. The van der Waals surface area contributed by atoms with E-state index in [0.29, 0.717) is 12.5 Å². The van der Waals surface area contributed by atoms with Gasteiger partial charge in [-0.05, 0) is 37.8 Å². The van der Waals surface area contributed by atoms with E-state index in [1.54, 1.807) is 7.11 Å². The second-order valence-corrected chi connectivity index (χ2v) is 5.63. The van der Waals surface area contributed by atoms with Gasteiger partial charge in [-0.3, -0.25) is 0 Å². The van der Waals surface area contributed by atoms with Gasteiger partial charge in [0.15, 0.2) is 0 Å². The fraction of sp³-hybridized carbons (Fsp3) is 0.647. The van der Waals surface area contributed by atoms with Gasteiger partial charge in [-0.25, -0.2) is 0 Å². The highest BCUT2D eigenvalue weighted by Gasteiger charge is 2.06. The first-order chi connectivity index (χ1) is 10.2. The van der Waals surface area contributed by atoms with Crippen molar-refractivity contribution < 1.29 is 14.6 Å². The monoisotopic (exact) mass is 295 g/mol. The topological polar surface area (TPSA) is 50.7 Å². The van der Waals surface area contributed by atoms with Gasteiger partial charge >= 0.3 is 0 Å². The predicted octanol–water partition coefficient (Wildman–Crippen LogP) is 2.98. The summed E-state index contributed by atoms with van der Waals surface area (Å²) in [6.07, 6.45) is 2.78. The summed E-state index contributed by atoms with van der Waals surface area (Å²) >= 11 is 0. The number of aliphatic hydroxyl groups excluding tert-OH is 1. The lowest BCUT2D eigenvalue weighted by atomic mass is 10.1. The largest absolute Gasteiger partial charge is 0.497 e. The Labute approximate surface area is 128 Å². The first-order valence-corrected chi connectivity index (χ1v) is 7.78. The van der Waals surface area contributed by atoms with Crippen LogP contribution in [0, 0.1) is 5.92 Å². The summed E-state index contributed by atoms with van der Waals surface area (Å²) in [5.41, 5.74) is 1.15. The van der Waals surface area contributed by atoms with Crippen LogP contribution >= 0.6 is 0 Å². The molecule has 0 radical (unpaired) electrons. The molecule has 0 aliphatic heterocycles. The lowest BCUT2D eigenvalue weighted by Gasteiger charge is -2.14. The van der Waals surface area contributed by atoms with Gasteiger partial charge in [-0.1, -0.05) is 19.9 Å². The van der Waals surface area contributed by atoms with Crippen molar-refractivity contribution in [1.29, 1.82) is 0 Å². The number of benzene rings is 1. The van der Waals surface area contributed by atoms with Crippen molar-refractivity contribution in [2.24, 2.45) is 5.92 Å². The third-order valence-corrected chi connectivity index (χ3v) is 3.20. The van der Waals surface area contributed by atoms with E-state index in [2.05, 4.69) is 25.2 Å². The predicted molar refractivity (Wildman–Crippen MR) is 86.0 cm³/mol. The average molecular weight is 295 g/mol. The summed E-state index contributed by atoms with van der Waals surface area (Å²) in [6, 6.07) is 5.96. The zero-order valence-electron chi connectivity index (χ0n) is 13.5. The first kappa shape index (κ1) is 17.8. The molecular weight excluding hydrogens is 266 g/mol. The maximum Gasteiger partial charge on any atom is 0.127 e. The SMILES string of the molecule is COc1ccc(CNCC(C)C)c(OCCCCCO)c1. The number of nitrogens with one attached hydrogen (secondary N) is 1. The van der Waals surface area contributed by atoms with E-state index in [1.807, 2.05) is 12.1 Å². The van der Waals surface area contributed by atoms with Crippen LogP contribution in [0.2, 0.25) is 0 Å².